The zero-order chi connectivity index (χ0) is 17.1. The number of benzene rings is 2. The Balaban J connectivity index is 1.74. The Labute approximate surface area is 137 Å². The van der Waals surface area contributed by atoms with Gasteiger partial charge in [0.25, 0.3) is 5.91 Å². The van der Waals surface area contributed by atoms with Crippen LogP contribution in [0.2, 0.25) is 0 Å². The molecular weight excluding hydrogens is 312 g/mol. The van der Waals surface area contributed by atoms with Gasteiger partial charge in [-0.25, -0.2) is 8.78 Å². The van der Waals surface area contributed by atoms with E-state index in [4.69, 9.17) is 0 Å². The van der Waals surface area contributed by atoms with Crippen LogP contribution in [0.4, 0.5) is 8.78 Å². The van der Waals surface area contributed by atoms with Crippen LogP contribution in [0.25, 0.3) is 11.3 Å². The fraction of sp³-hybridized carbons (Fsp3) is 0.111. The summed E-state index contributed by atoms with van der Waals surface area (Å²) in [6, 6.07) is 13.7. The second-order valence-corrected chi connectivity index (χ2v) is 5.39. The summed E-state index contributed by atoms with van der Waals surface area (Å²) in [5, 5.41) is 9.44. The summed E-state index contributed by atoms with van der Waals surface area (Å²) in [5.41, 5.74) is 2.00. The second-order valence-electron chi connectivity index (χ2n) is 5.39. The number of H-pyrrole nitrogens is 1. The Morgan fingerprint density at radius 1 is 1.12 bits per heavy atom. The molecular formula is C18H15F2N3O. The van der Waals surface area contributed by atoms with Gasteiger partial charge in [0.1, 0.15) is 17.3 Å². The second kappa shape index (κ2) is 6.62. The van der Waals surface area contributed by atoms with E-state index in [1.165, 1.54) is 6.07 Å². The molecule has 122 valence electrons. The predicted octanol–water partition coefficient (Wildman–Crippen LogP) is 3.85. The van der Waals surface area contributed by atoms with Gasteiger partial charge in [0, 0.05) is 17.2 Å². The summed E-state index contributed by atoms with van der Waals surface area (Å²) in [5.74, 6) is -1.77. The SMILES string of the molecule is CC(NC(=O)c1cc(-c2ccccc2)n[nH]1)c1ccc(F)cc1F. The molecule has 6 heteroatoms. The van der Waals surface area contributed by atoms with E-state index in [0.717, 1.165) is 17.7 Å². The van der Waals surface area contributed by atoms with Gasteiger partial charge < -0.3 is 5.32 Å². The van der Waals surface area contributed by atoms with E-state index in [-0.39, 0.29) is 11.3 Å². The first-order valence-electron chi connectivity index (χ1n) is 7.41. The first-order chi connectivity index (χ1) is 11.5. The standard InChI is InChI=1S/C18H15F2N3O/c1-11(14-8-7-13(19)9-15(14)20)21-18(24)17-10-16(22-23-17)12-5-3-2-4-6-12/h2-11H,1H3,(H,21,24)(H,22,23). The summed E-state index contributed by atoms with van der Waals surface area (Å²) < 4.78 is 26.7. The van der Waals surface area contributed by atoms with Crippen LogP contribution < -0.4 is 5.32 Å². The lowest BCUT2D eigenvalue weighted by Gasteiger charge is -2.14. The third kappa shape index (κ3) is 3.32. The fourth-order valence-corrected chi connectivity index (χ4v) is 2.40. The zero-order valence-corrected chi connectivity index (χ0v) is 12.9. The van der Waals surface area contributed by atoms with E-state index < -0.39 is 23.6 Å². The molecule has 1 unspecified atom stereocenters. The van der Waals surface area contributed by atoms with Gasteiger partial charge in [-0.3, -0.25) is 9.89 Å². The van der Waals surface area contributed by atoms with Crippen LogP contribution in [0.3, 0.4) is 0 Å². The molecule has 0 saturated carbocycles. The van der Waals surface area contributed by atoms with Crippen LogP contribution in [0.5, 0.6) is 0 Å². The van der Waals surface area contributed by atoms with Crippen molar-refractivity contribution in [2.75, 3.05) is 0 Å². The molecule has 0 bridgehead atoms. The maximum atomic E-state index is 13.8. The van der Waals surface area contributed by atoms with Crippen molar-refractivity contribution >= 4 is 5.91 Å². The molecule has 1 amide bonds. The maximum absolute atomic E-state index is 13.8. The van der Waals surface area contributed by atoms with Crippen molar-refractivity contribution in [3.63, 3.8) is 0 Å². The van der Waals surface area contributed by atoms with Gasteiger partial charge in [0.15, 0.2) is 0 Å². The Kier molecular flexibility index (Phi) is 4.37. The van der Waals surface area contributed by atoms with Gasteiger partial charge in [0.2, 0.25) is 0 Å². The maximum Gasteiger partial charge on any atom is 0.269 e. The quantitative estimate of drug-likeness (QED) is 0.765. The number of nitrogens with one attached hydrogen (secondary N) is 2. The highest BCUT2D eigenvalue weighted by Gasteiger charge is 2.17. The lowest BCUT2D eigenvalue weighted by atomic mass is 10.1. The molecule has 0 aliphatic rings. The lowest BCUT2D eigenvalue weighted by molar-refractivity contribution is 0.0934. The largest absolute Gasteiger partial charge is 0.344 e. The predicted molar refractivity (Wildman–Crippen MR) is 86.3 cm³/mol. The molecule has 3 rings (SSSR count). The highest BCUT2D eigenvalue weighted by atomic mass is 19.1. The summed E-state index contributed by atoms with van der Waals surface area (Å²) in [4.78, 5) is 12.3. The number of hydrogen-bond acceptors (Lipinski definition) is 2. The lowest BCUT2D eigenvalue weighted by Crippen LogP contribution is -2.27. The van der Waals surface area contributed by atoms with Crippen molar-refractivity contribution < 1.29 is 13.6 Å². The normalized spacial score (nSPS) is 12.0. The third-order valence-corrected chi connectivity index (χ3v) is 3.67. The molecule has 0 fully saturated rings. The van der Waals surface area contributed by atoms with Gasteiger partial charge in [-0.1, -0.05) is 36.4 Å². The van der Waals surface area contributed by atoms with Crippen LogP contribution in [0.15, 0.2) is 54.6 Å². The first-order valence-corrected chi connectivity index (χ1v) is 7.41. The Bertz CT molecular complexity index is 862. The molecule has 0 aliphatic carbocycles. The number of aromatic nitrogens is 2. The number of hydrogen-bond donors (Lipinski definition) is 2. The number of aromatic amines is 1. The van der Waals surface area contributed by atoms with E-state index in [9.17, 15) is 13.6 Å². The van der Waals surface area contributed by atoms with Crippen molar-refractivity contribution in [2.45, 2.75) is 13.0 Å². The molecule has 2 aromatic carbocycles. The van der Waals surface area contributed by atoms with Crippen molar-refractivity contribution in [1.29, 1.82) is 0 Å². The highest BCUT2D eigenvalue weighted by molar-refractivity contribution is 5.93. The molecule has 4 nitrogen and oxygen atoms in total. The van der Waals surface area contributed by atoms with Crippen LogP contribution in [-0.4, -0.2) is 16.1 Å². The number of carbonyl (C=O) groups excluding carboxylic acids is 1. The minimum absolute atomic E-state index is 0.215. The summed E-state index contributed by atoms with van der Waals surface area (Å²) in [7, 11) is 0. The van der Waals surface area contributed by atoms with Gasteiger partial charge in [0.05, 0.1) is 11.7 Å². The molecule has 1 heterocycles. The van der Waals surface area contributed by atoms with Gasteiger partial charge in [-0.2, -0.15) is 5.10 Å². The molecule has 0 spiro atoms. The summed E-state index contributed by atoms with van der Waals surface area (Å²) in [6.07, 6.45) is 0. The first kappa shape index (κ1) is 15.9. The minimum atomic E-state index is -0.697. The van der Waals surface area contributed by atoms with Gasteiger partial charge >= 0.3 is 0 Å². The monoisotopic (exact) mass is 327 g/mol. The van der Waals surface area contributed by atoms with E-state index in [1.54, 1.807) is 13.0 Å². The van der Waals surface area contributed by atoms with Crippen LogP contribution in [0.1, 0.15) is 29.0 Å². The summed E-state index contributed by atoms with van der Waals surface area (Å²) in [6.45, 7) is 1.63. The summed E-state index contributed by atoms with van der Waals surface area (Å²) >= 11 is 0. The van der Waals surface area contributed by atoms with Crippen molar-refractivity contribution in [1.82, 2.24) is 15.5 Å². The average molecular weight is 327 g/mol. The average Bonchev–Trinajstić information content (AvgIpc) is 3.05. The molecule has 0 aliphatic heterocycles. The van der Waals surface area contributed by atoms with Crippen LogP contribution in [0, 0.1) is 11.6 Å². The molecule has 1 aromatic heterocycles. The number of rotatable bonds is 4. The van der Waals surface area contributed by atoms with Gasteiger partial charge in [-0.05, 0) is 19.1 Å². The van der Waals surface area contributed by atoms with Crippen LogP contribution in [-0.2, 0) is 0 Å². The minimum Gasteiger partial charge on any atom is -0.344 e. The Hall–Kier alpha value is -3.02. The molecule has 2 N–H and O–H groups in total. The Morgan fingerprint density at radius 3 is 2.58 bits per heavy atom. The third-order valence-electron chi connectivity index (χ3n) is 3.67. The smallest absolute Gasteiger partial charge is 0.269 e. The van der Waals surface area contributed by atoms with Crippen LogP contribution >= 0.6 is 0 Å². The number of amides is 1. The highest BCUT2D eigenvalue weighted by Crippen LogP contribution is 2.20. The van der Waals surface area contributed by atoms with Crippen molar-refractivity contribution in [2.24, 2.45) is 0 Å². The molecule has 24 heavy (non-hydrogen) atoms. The van der Waals surface area contributed by atoms with Crippen molar-refractivity contribution in [3.8, 4) is 11.3 Å². The number of nitrogens with zero attached hydrogens (tertiary/aromatic N) is 1. The van der Waals surface area contributed by atoms with E-state index in [2.05, 4.69) is 15.5 Å². The fourth-order valence-electron chi connectivity index (χ4n) is 2.40. The molecule has 0 saturated heterocycles. The topological polar surface area (TPSA) is 57.8 Å². The number of halogens is 2. The number of carbonyl (C=O) groups is 1. The Morgan fingerprint density at radius 2 is 1.88 bits per heavy atom. The molecule has 0 radical (unpaired) electrons. The zero-order valence-electron chi connectivity index (χ0n) is 12.9. The van der Waals surface area contributed by atoms with E-state index in [0.29, 0.717) is 5.69 Å². The van der Waals surface area contributed by atoms with Crippen molar-refractivity contribution in [3.05, 3.63) is 77.5 Å². The van der Waals surface area contributed by atoms with Gasteiger partial charge in [-0.15, -0.1) is 0 Å². The van der Waals surface area contributed by atoms with E-state index >= 15 is 0 Å². The molecule has 1 atom stereocenters. The van der Waals surface area contributed by atoms with E-state index in [1.807, 2.05) is 30.3 Å². The molecule has 3 aromatic rings.